The van der Waals surface area contributed by atoms with Gasteiger partial charge in [0.15, 0.2) is 0 Å². The molecule has 5 rings (SSSR count). The van der Waals surface area contributed by atoms with Crippen molar-refractivity contribution in [2.75, 3.05) is 36.0 Å². The van der Waals surface area contributed by atoms with Crippen LogP contribution in [0.2, 0.25) is 0 Å². The van der Waals surface area contributed by atoms with E-state index in [2.05, 4.69) is 9.80 Å². The maximum absolute atomic E-state index is 13.7. The number of carbonyl (C=O) groups is 1. The molecule has 0 spiro atoms. The first-order valence-electron chi connectivity index (χ1n) is 11.8. The minimum Gasteiger partial charge on any atom is -0.368 e. The van der Waals surface area contributed by atoms with Gasteiger partial charge in [-0.2, -0.15) is 0 Å². The molecule has 1 amide bonds. The fourth-order valence-corrected chi connectivity index (χ4v) is 6.06. The van der Waals surface area contributed by atoms with E-state index in [9.17, 15) is 14.0 Å². The minimum absolute atomic E-state index is 0.0686. The molecule has 0 radical (unpaired) electrons. The Morgan fingerprint density at radius 3 is 2.36 bits per heavy atom. The van der Waals surface area contributed by atoms with Crippen molar-refractivity contribution in [1.29, 1.82) is 0 Å². The Balaban J connectivity index is 1.55. The molecule has 0 atom stereocenters. The lowest BCUT2D eigenvalue weighted by molar-refractivity contribution is -0.123. The summed E-state index contributed by atoms with van der Waals surface area (Å²) in [4.78, 5) is 37.9. The van der Waals surface area contributed by atoms with E-state index in [4.69, 9.17) is 17.2 Å². The Hall–Kier alpha value is -3.24. The Bertz CT molecular complexity index is 1440. The van der Waals surface area contributed by atoms with Crippen molar-refractivity contribution in [3.8, 4) is 0 Å². The van der Waals surface area contributed by atoms with Gasteiger partial charge in [0, 0.05) is 44.1 Å². The molecule has 0 aliphatic carbocycles. The number of nitrogens with zero attached hydrogens (tertiary/aromatic N) is 5. The van der Waals surface area contributed by atoms with Gasteiger partial charge < -0.3 is 9.80 Å². The Kier molecular flexibility index (Phi) is 6.57. The fraction of sp³-hybridized carbons (Fsp3) is 0.308. The third-order valence-corrected chi connectivity index (χ3v) is 7.78. The number of amides is 1. The summed E-state index contributed by atoms with van der Waals surface area (Å²) in [5, 5.41) is 0. The molecule has 2 aliphatic heterocycles. The van der Waals surface area contributed by atoms with Gasteiger partial charge in [0.2, 0.25) is 0 Å². The molecule has 4 heterocycles. The molecule has 0 N–H and O–H groups in total. The summed E-state index contributed by atoms with van der Waals surface area (Å²) in [6, 6.07) is 10.1. The topological polar surface area (TPSA) is 61.2 Å². The zero-order valence-electron chi connectivity index (χ0n) is 20.3. The average Bonchev–Trinajstić information content (AvgIpc) is 3.14. The molecule has 2 fully saturated rings. The first-order valence-corrected chi connectivity index (χ1v) is 13.0. The van der Waals surface area contributed by atoms with E-state index in [1.807, 2.05) is 32.9 Å². The summed E-state index contributed by atoms with van der Waals surface area (Å²) in [7, 11) is 0. The van der Waals surface area contributed by atoms with Gasteiger partial charge in [-0.25, -0.2) is 9.37 Å². The van der Waals surface area contributed by atoms with Gasteiger partial charge in [-0.05, 0) is 62.7 Å². The maximum Gasteiger partial charge on any atom is 0.267 e. The van der Waals surface area contributed by atoms with Crippen LogP contribution in [0.4, 0.5) is 15.9 Å². The van der Waals surface area contributed by atoms with Crippen molar-refractivity contribution in [2.45, 2.75) is 26.8 Å². The van der Waals surface area contributed by atoms with Gasteiger partial charge in [-0.15, -0.1) is 0 Å². The second kappa shape index (κ2) is 9.67. The fourth-order valence-electron chi connectivity index (χ4n) is 4.55. The summed E-state index contributed by atoms with van der Waals surface area (Å²) < 4.78 is 15.4. The minimum atomic E-state index is -0.263. The van der Waals surface area contributed by atoms with E-state index in [0.717, 1.165) is 11.3 Å². The molecular formula is C26H26FN5O2S2. The highest BCUT2D eigenvalue weighted by molar-refractivity contribution is 8.26. The molecule has 2 aliphatic rings. The summed E-state index contributed by atoms with van der Waals surface area (Å²) in [5.74, 6) is 0.102. The number of halogens is 1. The number of aromatic nitrogens is 2. The van der Waals surface area contributed by atoms with Crippen LogP contribution in [-0.2, 0) is 4.79 Å². The maximum atomic E-state index is 13.7. The van der Waals surface area contributed by atoms with Gasteiger partial charge in [0.1, 0.15) is 21.6 Å². The standard InChI is InChI=1S/C26H26FN5O2S2/c1-16(2)32-25(34)21(36-26(32)35)15-20-23(28-22-17(3)5-4-10-31(22)24(20)33)30-13-11-29(12-14-30)19-8-6-18(27)7-9-19/h4-10,15-16H,11-14H2,1-3H3/b21-15-. The van der Waals surface area contributed by atoms with Gasteiger partial charge in [-0.3, -0.25) is 18.9 Å². The molecule has 186 valence electrons. The molecule has 2 aromatic heterocycles. The third-order valence-electron chi connectivity index (χ3n) is 6.45. The van der Waals surface area contributed by atoms with Crippen LogP contribution >= 0.6 is 24.0 Å². The smallest absolute Gasteiger partial charge is 0.267 e. The predicted octanol–water partition coefficient (Wildman–Crippen LogP) is 4.08. The largest absolute Gasteiger partial charge is 0.368 e. The number of benzene rings is 1. The normalized spacial score (nSPS) is 17.8. The van der Waals surface area contributed by atoms with Gasteiger partial charge in [0.05, 0.1) is 10.5 Å². The van der Waals surface area contributed by atoms with Crippen LogP contribution in [0.15, 0.2) is 52.3 Å². The molecule has 0 saturated carbocycles. The zero-order chi connectivity index (χ0) is 25.6. The molecular weight excluding hydrogens is 497 g/mol. The number of fused-ring (bicyclic) bond motifs is 1. The van der Waals surface area contributed by atoms with Crippen molar-refractivity contribution in [2.24, 2.45) is 0 Å². The highest BCUT2D eigenvalue weighted by Gasteiger charge is 2.34. The monoisotopic (exact) mass is 523 g/mol. The van der Waals surface area contributed by atoms with E-state index >= 15 is 0 Å². The number of pyridine rings is 1. The number of piperazine rings is 1. The van der Waals surface area contributed by atoms with Crippen LogP contribution < -0.4 is 15.4 Å². The van der Waals surface area contributed by atoms with Crippen molar-refractivity contribution in [3.63, 3.8) is 0 Å². The molecule has 2 saturated heterocycles. The number of thiocarbonyl (C=S) groups is 1. The van der Waals surface area contributed by atoms with Crippen LogP contribution in [0.3, 0.4) is 0 Å². The zero-order valence-corrected chi connectivity index (χ0v) is 21.9. The quantitative estimate of drug-likeness (QED) is 0.377. The van der Waals surface area contributed by atoms with Crippen LogP contribution in [0.5, 0.6) is 0 Å². The van der Waals surface area contributed by atoms with Crippen LogP contribution in [0.25, 0.3) is 11.7 Å². The number of rotatable bonds is 4. The molecule has 3 aromatic rings. The lowest BCUT2D eigenvalue weighted by Gasteiger charge is -2.37. The number of hydrogen-bond acceptors (Lipinski definition) is 7. The molecule has 0 bridgehead atoms. The van der Waals surface area contributed by atoms with Gasteiger partial charge in [0.25, 0.3) is 11.5 Å². The lowest BCUT2D eigenvalue weighted by atomic mass is 10.2. The van der Waals surface area contributed by atoms with E-state index < -0.39 is 0 Å². The second-order valence-electron chi connectivity index (χ2n) is 9.14. The second-order valence-corrected chi connectivity index (χ2v) is 10.8. The number of aryl methyl sites for hydroxylation is 1. The molecule has 10 heteroatoms. The number of anilines is 2. The first-order chi connectivity index (χ1) is 17.2. The van der Waals surface area contributed by atoms with E-state index in [0.29, 0.717) is 52.4 Å². The summed E-state index contributed by atoms with van der Waals surface area (Å²) >= 11 is 6.64. The van der Waals surface area contributed by atoms with Crippen LogP contribution in [-0.4, -0.2) is 56.7 Å². The summed E-state index contributed by atoms with van der Waals surface area (Å²) in [6.45, 7) is 8.37. The van der Waals surface area contributed by atoms with Crippen LogP contribution in [0, 0.1) is 12.7 Å². The average molecular weight is 524 g/mol. The Morgan fingerprint density at radius 1 is 1.06 bits per heavy atom. The van der Waals surface area contributed by atoms with E-state index in [-0.39, 0.29) is 23.3 Å². The highest BCUT2D eigenvalue weighted by atomic mass is 32.2. The van der Waals surface area contributed by atoms with E-state index in [1.54, 1.807) is 29.3 Å². The molecule has 36 heavy (non-hydrogen) atoms. The van der Waals surface area contributed by atoms with Gasteiger partial charge >= 0.3 is 0 Å². The van der Waals surface area contributed by atoms with Crippen molar-refractivity contribution in [1.82, 2.24) is 14.3 Å². The van der Waals surface area contributed by atoms with Crippen molar-refractivity contribution in [3.05, 3.63) is 74.8 Å². The predicted molar refractivity (Wildman–Crippen MR) is 147 cm³/mol. The van der Waals surface area contributed by atoms with Gasteiger partial charge in [-0.1, -0.05) is 30.0 Å². The highest BCUT2D eigenvalue weighted by Crippen LogP contribution is 2.35. The SMILES string of the molecule is Cc1cccn2c(=O)c(/C=C3\SC(=S)N(C(C)C)C3=O)c(N3CCN(c4ccc(F)cc4)CC3)nc12. The summed E-state index contributed by atoms with van der Waals surface area (Å²) in [5.41, 5.74) is 2.58. The number of hydrogen-bond donors (Lipinski definition) is 0. The lowest BCUT2D eigenvalue weighted by Crippen LogP contribution is -2.47. The third kappa shape index (κ3) is 4.39. The molecule has 0 unspecified atom stereocenters. The molecule has 1 aromatic carbocycles. The van der Waals surface area contributed by atoms with Crippen molar-refractivity contribution >= 4 is 57.4 Å². The number of carbonyl (C=O) groups excluding carboxylic acids is 1. The first kappa shape index (κ1) is 24.5. The van der Waals surface area contributed by atoms with E-state index in [1.165, 1.54) is 28.3 Å². The Labute approximate surface area is 218 Å². The Morgan fingerprint density at radius 2 is 1.72 bits per heavy atom. The summed E-state index contributed by atoms with van der Waals surface area (Å²) in [6.07, 6.45) is 3.35. The number of thioether (sulfide) groups is 1. The molecule has 7 nitrogen and oxygen atoms in total. The van der Waals surface area contributed by atoms with Crippen molar-refractivity contribution < 1.29 is 9.18 Å². The van der Waals surface area contributed by atoms with Crippen LogP contribution in [0.1, 0.15) is 25.0 Å².